The van der Waals surface area contributed by atoms with Gasteiger partial charge in [-0.15, -0.1) is 0 Å². The van der Waals surface area contributed by atoms with Gasteiger partial charge in [0.2, 0.25) is 5.91 Å². The Balaban J connectivity index is 1.99. The summed E-state index contributed by atoms with van der Waals surface area (Å²) in [5.74, 6) is -1.83. The Kier molecular flexibility index (Phi) is 4.31. The van der Waals surface area contributed by atoms with Crippen molar-refractivity contribution in [3.63, 3.8) is 0 Å². The number of nitrogens with one attached hydrogen (secondary N) is 1. The summed E-state index contributed by atoms with van der Waals surface area (Å²) in [5, 5.41) is 11.5. The molecule has 1 aromatic carbocycles. The van der Waals surface area contributed by atoms with Crippen molar-refractivity contribution in [1.82, 2.24) is 15.3 Å². The van der Waals surface area contributed by atoms with E-state index in [0.717, 1.165) is 5.01 Å². The number of rotatable bonds is 2. The Morgan fingerprint density at radius 3 is 2.76 bits per heavy atom. The average molecular weight is 447 g/mol. The van der Waals surface area contributed by atoms with Gasteiger partial charge in [-0.2, -0.15) is 4.36 Å². The number of hydrogen-bond donors (Lipinski definition) is 3. The first kappa shape index (κ1) is 17.8. The number of carbonyl (C=O) groups is 2. The van der Waals surface area contributed by atoms with Crippen molar-refractivity contribution in [1.29, 1.82) is 0 Å². The molecule has 1 aromatic rings. The molecule has 1 saturated heterocycles. The molecule has 1 atom stereocenters. The zero-order chi connectivity index (χ0) is 18.5. The molecule has 0 radical (unpaired) electrons. The van der Waals surface area contributed by atoms with Gasteiger partial charge in [-0.1, -0.05) is 15.9 Å². The number of nitrogens with zero attached hydrogens (tertiary/aromatic N) is 3. The van der Waals surface area contributed by atoms with E-state index in [1.807, 2.05) is 0 Å². The lowest BCUT2D eigenvalue weighted by atomic mass is 10.1. The second-order valence-electron chi connectivity index (χ2n) is 5.19. The quantitative estimate of drug-likeness (QED) is 0.580. The van der Waals surface area contributed by atoms with Crippen LogP contribution in [0.15, 0.2) is 37.6 Å². The van der Waals surface area contributed by atoms with Gasteiger partial charge in [0.25, 0.3) is 5.91 Å². The number of aliphatic hydroxyl groups is 1. The van der Waals surface area contributed by atoms with Crippen molar-refractivity contribution in [2.75, 3.05) is 13.6 Å². The highest BCUT2D eigenvalue weighted by Gasteiger charge is 2.34. The molecule has 25 heavy (non-hydrogen) atoms. The molecule has 0 spiro atoms. The van der Waals surface area contributed by atoms with E-state index >= 15 is 0 Å². The molecule has 3 N–H and O–H groups in total. The molecule has 0 saturated carbocycles. The number of fused-ring (bicyclic) bond motifs is 1. The molecule has 1 fully saturated rings. The molecule has 0 aromatic heterocycles. The van der Waals surface area contributed by atoms with E-state index in [-0.39, 0.29) is 28.0 Å². The topological polar surface area (TPSA) is 123 Å². The van der Waals surface area contributed by atoms with E-state index in [4.69, 9.17) is 12.2 Å². The van der Waals surface area contributed by atoms with Gasteiger partial charge in [-0.3, -0.25) is 29.5 Å². The van der Waals surface area contributed by atoms with Crippen molar-refractivity contribution in [2.45, 2.75) is 4.90 Å². The summed E-state index contributed by atoms with van der Waals surface area (Å²) in [6.07, 6.45) is 0. The van der Waals surface area contributed by atoms with Crippen molar-refractivity contribution >= 4 is 60.8 Å². The molecule has 2 aliphatic heterocycles. The van der Waals surface area contributed by atoms with Gasteiger partial charge in [0.15, 0.2) is 26.6 Å². The standard InChI is InChI=1S/C13H11BrN4O5S2/c1-17-9(19)5-18(13(17)24)15-12(21)10-11(20)7-3-2-6(14)4-8(7)25(22,23)16-10/h2-4,20H,5H2,1H3,(H,15,21)(H,16,22,23). The van der Waals surface area contributed by atoms with Gasteiger partial charge in [0.05, 0.1) is 4.90 Å². The van der Waals surface area contributed by atoms with Crippen LogP contribution in [0.5, 0.6) is 0 Å². The van der Waals surface area contributed by atoms with Crippen molar-refractivity contribution in [3.05, 3.63) is 33.9 Å². The summed E-state index contributed by atoms with van der Waals surface area (Å²) >= 11 is 8.18. The number of amides is 2. The van der Waals surface area contributed by atoms with Gasteiger partial charge in [-0.05, 0) is 30.4 Å². The Labute approximate surface area is 156 Å². The lowest BCUT2D eigenvalue weighted by Crippen LogP contribution is -2.45. The van der Waals surface area contributed by atoms with E-state index in [0.29, 0.717) is 4.47 Å². The number of likely N-dealkylation sites (N-methyl/N-ethyl adjacent to an activating group) is 1. The third-order valence-electron chi connectivity index (χ3n) is 3.56. The van der Waals surface area contributed by atoms with Crippen LogP contribution in [-0.2, 0) is 19.6 Å². The summed E-state index contributed by atoms with van der Waals surface area (Å²) in [7, 11) is -2.47. The number of benzene rings is 1. The molecule has 2 aliphatic rings. The summed E-state index contributed by atoms with van der Waals surface area (Å²) in [6.45, 7) is -0.187. The highest BCUT2D eigenvalue weighted by atomic mass is 79.9. The predicted octanol–water partition coefficient (Wildman–Crippen LogP) is 1.08. The van der Waals surface area contributed by atoms with Crippen molar-refractivity contribution in [2.24, 2.45) is 4.36 Å². The first-order valence-electron chi connectivity index (χ1n) is 6.73. The molecule has 0 aliphatic carbocycles. The highest BCUT2D eigenvalue weighted by Crippen LogP contribution is 2.33. The minimum absolute atomic E-state index is 0.0213. The van der Waals surface area contributed by atoms with Crippen molar-refractivity contribution in [3.8, 4) is 0 Å². The monoisotopic (exact) mass is 446 g/mol. The van der Waals surface area contributed by atoms with Gasteiger partial charge >= 0.3 is 0 Å². The molecular weight excluding hydrogens is 436 g/mol. The number of carbonyl (C=O) groups excluding carboxylic acids is 2. The minimum Gasteiger partial charge on any atom is -0.505 e. The molecule has 2 amide bonds. The van der Waals surface area contributed by atoms with Crippen LogP contribution in [0.1, 0.15) is 5.56 Å². The highest BCUT2D eigenvalue weighted by molar-refractivity contribution is 9.10. The molecule has 12 heteroatoms. The van der Waals surface area contributed by atoms with Gasteiger partial charge in [-0.25, -0.2) is 4.21 Å². The number of thiocarbonyl (C=S) groups is 1. The predicted molar refractivity (Wildman–Crippen MR) is 95.4 cm³/mol. The average Bonchev–Trinajstić information content (AvgIpc) is 2.78. The fourth-order valence-electron chi connectivity index (χ4n) is 2.26. The molecule has 2 heterocycles. The van der Waals surface area contributed by atoms with E-state index < -0.39 is 27.4 Å². The first-order valence-corrected chi connectivity index (χ1v) is 9.41. The van der Waals surface area contributed by atoms with Crippen LogP contribution in [0.2, 0.25) is 0 Å². The third-order valence-corrected chi connectivity index (χ3v) is 5.89. The normalized spacial score (nSPS) is 22.8. The fourth-order valence-corrected chi connectivity index (χ4v) is 4.24. The maximum atomic E-state index is 12.4. The zero-order valence-electron chi connectivity index (χ0n) is 12.6. The van der Waals surface area contributed by atoms with E-state index in [9.17, 15) is 23.5 Å². The molecule has 3 rings (SSSR count). The summed E-state index contributed by atoms with van der Waals surface area (Å²) in [6, 6.07) is 4.29. The zero-order valence-corrected chi connectivity index (χ0v) is 15.8. The van der Waals surface area contributed by atoms with Crippen molar-refractivity contribution < 1.29 is 23.5 Å². The molecule has 132 valence electrons. The second kappa shape index (κ2) is 6.05. The second-order valence-corrected chi connectivity index (χ2v) is 8.08. The smallest absolute Gasteiger partial charge is 0.293 e. The Bertz CT molecular complexity index is 983. The fraction of sp³-hybridized carbons (Fsp3) is 0.154. The molecule has 9 nitrogen and oxygen atoms in total. The largest absolute Gasteiger partial charge is 0.505 e. The maximum absolute atomic E-state index is 12.4. The number of hydrazine groups is 1. The Hall–Kier alpha value is -2.02. The van der Waals surface area contributed by atoms with Crippen LogP contribution in [0.3, 0.4) is 0 Å². The summed E-state index contributed by atoms with van der Waals surface area (Å²) in [5.41, 5.74) is 1.71. The lowest BCUT2D eigenvalue weighted by Gasteiger charge is -2.21. The van der Waals surface area contributed by atoms with E-state index in [1.54, 1.807) is 6.07 Å². The van der Waals surface area contributed by atoms with Gasteiger partial charge in [0.1, 0.15) is 6.54 Å². The number of hydrogen-bond acceptors (Lipinski definition) is 6. The minimum atomic E-state index is -3.92. The molecule has 0 bridgehead atoms. The third kappa shape index (κ3) is 3.01. The van der Waals surface area contributed by atoms with Crippen LogP contribution in [0.25, 0.3) is 5.76 Å². The Morgan fingerprint density at radius 1 is 1.48 bits per heavy atom. The number of halogens is 1. The van der Waals surface area contributed by atoms with E-state index in [1.165, 1.54) is 24.1 Å². The summed E-state index contributed by atoms with van der Waals surface area (Å²) < 4.78 is 26.5. The molecular formula is C13H11BrN4O5S2. The van der Waals surface area contributed by atoms with Gasteiger partial charge in [0, 0.05) is 17.1 Å². The Morgan fingerprint density at radius 2 is 2.16 bits per heavy atom. The van der Waals surface area contributed by atoms with Crippen LogP contribution in [0, 0.1) is 0 Å². The summed E-state index contributed by atoms with van der Waals surface area (Å²) in [4.78, 5) is 25.0. The lowest BCUT2D eigenvalue weighted by molar-refractivity contribution is -0.125. The molecule has 1 unspecified atom stereocenters. The van der Waals surface area contributed by atoms with Gasteiger partial charge < -0.3 is 5.11 Å². The number of aliphatic hydroxyl groups excluding tert-OH is 1. The SMILES string of the molecule is CN1C(=O)CN(NC(=O)C2=C(O)c3ccc(Br)cc3S(=O)(O)=N2)C1=S. The maximum Gasteiger partial charge on any atom is 0.293 e. The van der Waals surface area contributed by atoms with Crippen LogP contribution >= 0.6 is 28.1 Å². The van der Waals surface area contributed by atoms with Crippen LogP contribution in [0.4, 0.5) is 0 Å². The van der Waals surface area contributed by atoms with Crippen LogP contribution in [-0.4, -0.2) is 54.3 Å². The first-order chi connectivity index (χ1) is 11.6. The van der Waals surface area contributed by atoms with E-state index in [2.05, 4.69) is 25.7 Å². The van der Waals surface area contributed by atoms with Crippen LogP contribution < -0.4 is 5.43 Å².